The molecule has 2 aromatic carbocycles. The van der Waals surface area contributed by atoms with E-state index in [1.54, 1.807) is 20.3 Å². The Morgan fingerprint density at radius 3 is 2.52 bits per heavy atom. The Hall–Kier alpha value is -2.63. The van der Waals surface area contributed by atoms with Crippen LogP contribution in [0.5, 0.6) is 11.5 Å². The second-order valence-electron chi connectivity index (χ2n) is 7.73. The number of hydrogen-bond acceptors (Lipinski definition) is 5. The minimum absolute atomic E-state index is 0.0129. The molecule has 5 nitrogen and oxygen atoms in total. The third kappa shape index (κ3) is 3.93. The molecule has 2 aromatic rings. The first-order valence-electron chi connectivity index (χ1n) is 10.0. The minimum Gasteiger partial charge on any atom is -0.493 e. The van der Waals surface area contributed by atoms with Crippen molar-refractivity contribution in [3.63, 3.8) is 0 Å². The van der Waals surface area contributed by atoms with Crippen LogP contribution < -0.4 is 9.47 Å². The van der Waals surface area contributed by atoms with Gasteiger partial charge < -0.3 is 14.6 Å². The number of aliphatic hydroxyl groups is 1. The average Bonchev–Trinajstić information content (AvgIpc) is 3.09. The number of benzene rings is 2. The third-order valence-electron chi connectivity index (χ3n) is 5.99. The number of ketones is 1. The first-order valence-corrected chi connectivity index (χ1v) is 10.0. The molecular formula is C24H27NO4. The number of carbonyl (C=O) groups is 1. The lowest BCUT2D eigenvalue weighted by molar-refractivity contribution is 0.0773. The molecule has 0 amide bonds. The fourth-order valence-corrected chi connectivity index (χ4v) is 4.34. The Bertz CT molecular complexity index is 922. The van der Waals surface area contributed by atoms with Gasteiger partial charge in [-0.15, -0.1) is 0 Å². The third-order valence-corrected chi connectivity index (χ3v) is 5.99. The molecule has 2 atom stereocenters. The SMILES string of the molecule is COc1cc2c(cc1OC)C(=O)[C@@H]([C@H](O)C1=CCN(Cc3ccccc3)CC1)C2. The smallest absolute Gasteiger partial charge is 0.169 e. The van der Waals surface area contributed by atoms with Crippen LogP contribution in [0, 0.1) is 5.92 Å². The fraction of sp³-hybridized carbons (Fsp3) is 0.375. The van der Waals surface area contributed by atoms with Crippen molar-refractivity contribution in [3.8, 4) is 11.5 Å². The zero-order chi connectivity index (χ0) is 20.4. The summed E-state index contributed by atoms with van der Waals surface area (Å²) in [6.07, 6.45) is 2.65. The Morgan fingerprint density at radius 2 is 1.86 bits per heavy atom. The van der Waals surface area contributed by atoms with Crippen LogP contribution in [0.3, 0.4) is 0 Å². The summed E-state index contributed by atoms with van der Waals surface area (Å²) < 4.78 is 10.7. The second-order valence-corrected chi connectivity index (χ2v) is 7.73. The van der Waals surface area contributed by atoms with Crippen LogP contribution in [0.4, 0.5) is 0 Å². The van der Waals surface area contributed by atoms with Gasteiger partial charge in [-0.1, -0.05) is 36.4 Å². The van der Waals surface area contributed by atoms with E-state index in [0.29, 0.717) is 23.5 Å². The molecule has 1 N–H and O–H groups in total. The monoisotopic (exact) mass is 393 g/mol. The second kappa shape index (κ2) is 8.39. The van der Waals surface area contributed by atoms with Crippen LogP contribution in [0.1, 0.15) is 27.9 Å². The van der Waals surface area contributed by atoms with Gasteiger partial charge in [-0.3, -0.25) is 9.69 Å². The van der Waals surface area contributed by atoms with Crippen molar-refractivity contribution in [1.82, 2.24) is 4.90 Å². The van der Waals surface area contributed by atoms with Crippen molar-refractivity contribution in [2.45, 2.75) is 25.5 Å². The van der Waals surface area contributed by atoms with Gasteiger partial charge in [-0.2, -0.15) is 0 Å². The van der Waals surface area contributed by atoms with E-state index < -0.39 is 12.0 Å². The highest BCUT2D eigenvalue weighted by molar-refractivity contribution is 6.03. The van der Waals surface area contributed by atoms with Crippen LogP contribution in [-0.2, 0) is 13.0 Å². The number of ether oxygens (including phenoxy) is 2. The van der Waals surface area contributed by atoms with Crippen molar-refractivity contribution in [2.24, 2.45) is 5.92 Å². The minimum atomic E-state index is -0.745. The van der Waals surface area contributed by atoms with Crippen molar-refractivity contribution in [3.05, 3.63) is 70.8 Å². The zero-order valence-electron chi connectivity index (χ0n) is 16.9. The molecule has 5 heteroatoms. The first-order chi connectivity index (χ1) is 14.1. The highest BCUT2D eigenvalue weighted by atomic mass is 16.5. The van der Waals surface area contributed by atoms with Crippen LogP contribution in [0.2, 0.25) is 0 Å². The topological polar surface area (TPSA) is 59.0 Å². The summed E-state index contributed by atoms with van der Waals surface area (Å²) in [4.78, 5) is 15.3. The van der Waals surface area contributed by atoms with Crippen molar-refractivity contribution in [1.29, 1.82) is 0 Å². The van der Waals surface area contributed by atoms with Gasteiger partial charge >= 0.3 is 0 Å². The van der Waals surface area contributed by atoms with Gasteiger partial charge in [-0.25, -0.2) is 0 Å². The molecule has 2 aliphatic rings. The van der Waals surface area contributed by atoms with Gasteiger partial charge in [0.15, 0.2) is 17.3 Å². The molecule has 4 rings (SSSR count). The summed E-state index contributed by atoms with van der Waals surface area (Å²) >= 11 is 0. The number of methoxy groups -OCH3 is 2. The quantitative estimate of drug-likeness (QED) is 0.764. The highest BCUT2D eigenvalue weighted by Gasteiger charge is 2.38. The van der Waals surface area contributed by atoms with E-state index in [9.17, 15) is 9.90 Å². The molecule has 0 fully saturated rings. The molecule has 0 radical (unpaired) electrons. The van der Waals surface area contributed by atoms with E-state index in [4.69, 9.17) is 9.47 Å². The number of aliphatic hydroxyl groups excluding tert-OH is 1. The van der Waals surface area contributed by atoms with E-state index in [2.05, 4.69) is 35.2 Å². The van der Waals surface area contributed by atoms with Crippen molar-refractivity contribution in [2.75, 3.05) is 27.3 Å². The van der Waals surface area contributed by atoms with Crippen molar-refractivity contribution < 1.29 is 19.4 Å². The van der Waals surface area contributed by atoms with Crippen molar-refractivity contribution >= 4 is 5.78 Å². The Morgan fingerprint density at radius 1 is 1.14 bits per heavy atom. The molecule has 29 heavy (non-hydrogen) atoms. The lowest BCUT2D eigenvalue weighted by Gasteiger charge is -2.29. The molecule has 1 aliphatic heterocycles. The molecule has 0 saturated carbocycles. The maximum atomic E-state index is 13.0. The van der Waals surface area contributed by atoms with E-state index in [1.165, 1.54) is 5.56 Å². The molecule has 152 valence electrons. The standard InChI is InChI=1S/C24H27NO4/c1-28-21-13-18-12-20(24(27)19(18)14-22(21)29-2)23(26)17-8-10-25(11-9-17)15-16-6-4-3-5-7-16/h3-8,13-14,20,23,26H,9-12,15H2,1-2H3/t20-,23-/m1/s1. The predicted octanol–water partition coefficient (Wildman–Crippen LogP) is 3.25. The lowest BCUT2D eigenvalue weighted by atomic mass is 9.89. The molecule has 1 aliphatic carbocycles. The lowest BCUT2D eigenvalue weighted by Crippen LogP contribution is -2.34. The molecule has 0 unspecified atom stereocenters. The summed E-state index contributed by atoms with van der Waals surface area (Å²) in [6.45, 7) is 2.57. The fourth-order valence-electron chi connectivity index (χ4n) is 4.34. The van der Waals surface area contributed by atoms with Gasteiger partial charge in [0.05, 0.1) is 26.2 Å². The number of hydrogen-bond donors (Lipinski definition) is 1. The summed E-state index contributed by atoms with van der Waals surface area (Å²) in [7, 11) is 3.14. The number of carbonyl (C=O) groups excluding carboxylic acids is 1. The normalized spacial score (nSPS) is 20.2. The van der Waals surface area contributed by atoms with Gasteiger partial charge in [0, 0.05) is 25.2 Å². The van der Waals surface area contributed by atoms with E-state index in [1.807, 2.05) is 12.1 Å². The summed E-state index contributed by atoms with van der Waals surface area (Å²) in [5.41, 5.74) is 3.81. The zero-order valence-corrected chi connectivity index (χ0v) is 16.9. The number of fused-ring (bicyclic) bond motifs is 1. The van der Waals surface area contributed by atoms with Crippen LogP contribution in [0.25, 0.3) is 0 Å². The molecule has 0 spiro atoms. The van der Waals surface area contributed by atoms with Crippen LogP contribution >= 0.6 is 0 Å². The summed E-state index contributed by atoms with van der Waals surface area (Å²) in [5.74, 6) is 0.709. The van der Waals surface area contributed by atoms with E-state index >= 15 is 0 Å². The summed E-state index contributed by atoms with van der Waals surface area (Å²) in [5, 5.41) is 11.0. The Labute approximate surface area is 171 Å². The van der Waals surface area contributed by atoms with E-state index in [0.717, 1.165) is 37.2 Å². The average molecular weight is 393 g/mol. The predicted molar refractivity (Wildman–Crippen MR) is 111 cm³/mol. The van der Waals surface area contributed by atoms with Gasteiger partial charge in [-0.05, 0) is 41.7 Å². The highest BCUT2D eigenvalue weighted by Crippen LogP contribution is 2.39. The maximum absolute atomic E-state index is 13.0. The van der Waals surface area contributed by atoms with Gasteiger partial charge in [0.1, 0.15) is 0 Å². The molecular weight excluding hydrogens is 366 g/mol. The molecule has 0 bridgehead atoms. The molecule has 0 aromatic heterocycles. The number of Topliss-reactive ketones (excluding diaryl/α,β-unsaturated/α-hetero) is 1. The Kier molecular flexibility index (Phi) is 5.69. The first kappa shape index (κ1) is 19.7. The molecule has 1 heterocycles. The number of nitrogens with zero attached hydrogens (tertiary/aromatic N) is 1. The Balaban J connectivity index is 1.45. The maximum Gasteiger partial charge on any atom is 0.169 e. The molecule has 0 saturated heterocycles. The summed E-state index contributed by atoms with van der Waals surface area (Å²) in [6, 6.07) is 14.0. The van der Waals surface area contributed by atoms with Gasteiger partial charge in [0.25, 0.3) is 0 Å². The van der Waals surface area contributed by atoms with Crippen LogP contribution in [-0.4, -0.2) is 49.2 Å². The van der Waals surface area contributed by atoms with E-state index in [-0.39, 0.29) is 5.78 Å². The van der Waals surface area contributed by atoms with Gasteiger partial charge in [0.2, 0.25) is 0 Å². The largest absolute Gasteiger partial charge is 0.493 e. The van der Waals surface area contributed by atoms with Crippen LogP contribution in [0.15, 0.2) is 54.1 Å². The number of rotatable bonds is 6.